The molecular formula is C13H16FNO2. The van der Waals surface area contributed by atoms with Gasteiger partial charge >= 0.3 is 5.97 Å². The summed E-state index contributed by atoms with van der Waals surface area (Å²) in [5.74, 6) is -0.495. The molecule has 1 aromatic carbocycles. The van der Waals surface area contributed by atoms with Gasteiger partial charge in [-0.15, -0.1) is 0 Å². The minimum Gasteiger partial charge on any atom is -0.464 e. The predicted molar refractivity (Wildman–Crippen MR) is 63.2 cm³/mol. The highest BCUT2D eigenvalue weighted by Gasteiger charge is 2.45. The second-order valence-corrected chi connectivity index (χ2v) is 4.29. The molecule has 0 saturated heterocycles. The summed E-state index contributed by atoms with van der Waals surface area (Å²) in [7, 11) is 0. The van der Waals surface area contributed by atoms with Crippen molar-refractivity contribution in [3.8, 4) is 0 Å². The molecule has 2 rings (SSSR count). The van der Waals surface area contributed by atoms with Gasteiger partial charge in [0.05, 0.1) is 6.61 Å². The van der Waals surface area contributed by atoms with Crippen LogP contribution in [0.25, 0.3) is 0 Å². The molecule has 17 heavy (non-hydrogen) atoms. The number of ether oxygens (including phenoxy) is 1. The van der Waals surface area contributed by atoms with Crippen molar-refractivity contribution in [3.05, 3.63) is 30.1 Å². The molecule has 0 radical (unpaired) electrons. The monoisotopic (exact) mass is 237 g/mol. The van der Waals surface area contributed by atoms with E-state index in [1.54, 1.807) is 19.1 Å². The molecule has 0 amide bonds. The summed E-state index contributed by atoms with van der Waals surface area (Å²) in [6.45, 7) is 2.17. The van der Waals surface area contributed by atoms with E-state index in [-0.39, 0.29) is 11.8 Å². The third kappa shape index (κ3) is 2.40. The maximum Gasteiger partial charge on any atom is 0.331 e. The Bertz CT molecular complexity index is 398. The molecule has 92 valence electrons. The number of carbonyl (C=O) groups excluding carboxylic acids is 1. The highest BCUT2D eigenvalue weighted by Crippen LogP contribution is 2.36. The van der Waals surface area contributed by atoms with E-state index < -0.39 is 5.54 Å². The molecule has 3 nitrogen and oxygen atoms in total. The minimum absolute atomic E-state index is 0.212. The van der Waals surface area contributed by atoms with Crippen molar-refractivity contribution < 1.29 is 13.9 Å². The first-order valence-corrected chi connectivity index (χ1v) is 5.87. The summed E-state index contributed by atoms with van der Waals surface area (Å²) in [5, 5.41) is 3.16. The van der Waals surface area contributed by atoms with Gasteiger partial charge in [0, 0.05) is 5.69 Å². The number of carbonyl (C=O) groups is 1. The highest BCUT2D eigenvalue weighted by molar-refractivity contribution is 5.85. The van der Waals surface area contributed by atoms with E-state index in [1.807, 2.05) is 0 Å². The Balaban J connectivity index is 2.09. The molecule has 0 unspecified atom stereocenters. The van der Waals surface area contributed by atoms with Crippen LogP contribution in [0.1, 0.15) is 26.2 Å². The largest absolute Gasteiger partial charge is 0.464 e. The zero-order valence-corrected chi connectivity index (χ0v) is 9.83. The second kappa shape index (κ2) is 4.73. The van der Waals surface area contributed by atoms with E-state index in [1.165, 1.54) is 12.1 Å². The minimum atomic E-state index is -0.603. The van der Waals surface area contributed by atoms with Crippen LogP contribution in [0.15, 0.2) is 24.3 Å². The zero-order valence-electron chi connectivity index (χ0n) is 9.83. The van der Waals surface area contributed by atoms with Crippen molar-refractivity contribution in [3.63, 3.8) is 0 Å². The summed E-state index contributed by atoms with van der Waals surface area (Å²) in [6, 6.07) is 6.02. The summed E-state index contributed by atoms with van der Waals surface area (Å²) in [6.07, 6.45) is 2.54. The molecule has 0 atom stereocenters. The van der Waals surface area contributed by atoms with Crippen molar-refractivity contribution in [2.75, 3.05) is 11.9 Å². The Labute approximate surface area is 100.0 Å². The average Bonchev–Trinajstić information content (AvgIpc) is 2.26. The molecule has 1 fully saturated rings. The second-order valence-electron chi connectivity index (χ2n) is 4.29. The maximum absolute atomic E-state index is 12.8. The average molecular weight is 237 g/mol. The summed E-state index contributed by atoms with van der Waals surface area (Å²) >= 11 is 0. The number of hydrogen-bond donors (Lipinski definition) is 1. The van der Waals surface area contributed by atoms with Crippen LogP contribution in [-0.2, 0) is 9.53 Å². The van der Waals surface area contributed by atoms with Gasteiger partial charge < -0.3 is 10.1 Å². The van der Waals surface area contributed by atoms with Crippen LogP contribution in [0.4, 0.5) is 10.1 Å². The van der Waals surface area contributed by atoms with Crippen LogP contribution in [0.5, 0.6) is 0 Å². The summed E-state index contributed by atoms with van der Waals surface area (Å²) < 4.78 is 17.8. The van der Waals surface area contributed by atoms with Gasteiger partial charge in [0.2, 0.25) is 0 Å². The lowest BCUT2D eigenvalue weighted by Gasteiger charge is -2.40. The van der Waals surface area contributed by atoms with E-state index in [0.717, 1.165) is 24.9 Å². The van der Waals surface area contributed by atoms with E-state index in [4.69, 9.17) is 4.74 Å². The fourth-order valence-electron chi connectivity index (χ4n) is 1.99. The molecule has 4 heteroatoms. The molecular weight excluding hydrogens is 221 g/mol. The molecule has 1 saturated carbocycles. The third-order valence-corrected chi connectivity index (χ3v) is 3.10. The number of benzene rings is 1. The smallest absolute Gasteiger partial charge is 0.331 e. The van der Waals surface area contributed by atoms with E-state index in [9.17, 15) is 9.18 Å². The van der Waals surface area contributed by atoms with Crippen molar-refractivity contribution in [1.82, 2.24) is 0 Å². The summed E-state index contributed by atoms with van der Waals surface area (Å²) in [4.78, 5) is 11.9. The lowest BCUT2D eigenvalue weighted by molar-refractivity contribution is -0.151. The summed E-state index contributed by atoms with van der Waals surface area (Å²) in [5.41, 5.74) is 0.146. The Hall–Kier alpha value is -1.58. The van der Waals surface area contributed by atoms with Crippen LogP contribution in [0, 0.1) is 5.82 Å². The Kier molecular flexibility index (Phi) is 3.31. The molecule has 1 aliphatic rings. The van der Waals surface area contributed by atoms with E-state index >= 15 is 0 Å². The first-order chi connectivity index (χ1) is 8.16. The normalized spacial score (nSPS) is 17.1. The molecule has 1 N–H and O–H groups in total. The van der Waals surface area contributed by atoms with Gasteiger partial charge in [-0.05, 0) is 50.5 Å². The number of anilines is 1. The fraction of sp³-hybridized carbons (Fsp3) is 0.462. The lowest BCUT2D eigenvalue weighted by atomic mass is 9.76. The molecule has 0 spiro atoms. The van der Waals surface area contributed by atoms with Crippen molar-refractivity contribution in [1.29, 1.82) is 0 Å². The number of hydrogen-bond acceptors (Lipinski definition) is 3. The van der Waals surface area contributed by atoms with Crippen molar-refractivity contribution in [2.45, 2.75) is 31.7 Å². The SMILES string of the molecule is CCOC(=O)C1(Nc2ccc(F)cc2)CCC1. The molecule has 0 aromatic heterocycles. The number of nitrogens with one attached hydrogen (secondary N) is 1. The fourth-order valence-corrected chi connectivity index (χ4v) is 1.99. The van der Waals surface area contributed by atoms with Crippen LogP contribution in [0.3, 0.4) is 0 Å². The highest BCUT2D eigenvalue weighted by atomic mass is 19.1. The quantitative estimate of drug-likeness (QED) is 0.818. The Morgan fingerprint density at radius 3 is 2.53 bits per heavy atom. The van der Waals surface area contributed by atoms with Crippen LogP contribution >= 0.6 is 0 Å². The first kappa shape index (κ1) is 11.9. The third-order valence-electron chi connectivity index (χ3n) is 3.10. The number of rotatable bonds is 4. The van der Waals surface area contributed by atoms with Gasteiger partial charge in [-0.2, -0.15) is 0 Å². The van der Waals surface area contributed by atoms with Gasteiger partial charge in [0.15, 0.2) is 0 Å². The van der Waals surface area contributed by atoms with E-state index in [0.29, 0.717) is 6.61 Å². The van der Waals surface area contributed by atoms with Gasteiger partial charge in [-0.3, -0.25) is 0 Å². The van der Waals surface area contributed by atoms with Crippen LogP contribution in [0.2, 0.25) is 0 Å². The zero-order chi connectivity index (χ0) is 12.3. The predicted octanol–water partition coefficient (Wildman–Crippen LogP) is 2.72. The standard InChI is InChI=1S/C13H16FNO2/c1-2-17-12(16)13(8-3-9-13)15-11-6-4-10(14)5-7-11/h4-7,15H,2-3,8-9H2,1H3. The van der Waals surface area contributed by atoms with Crippen LogP contribution in [-0.4, -0.2) is 18.1 Å². The molecule has 0 heterocycles. The van der Waals surface area contributed by atoms with Crippen molar-refractivity contribution >= 4 is 11.7 Å². The topological polar surface area (TPSA) is 38.3 Å². The van der Waals surface area contributed by atoms with Gasteiger partial charge in [-0.25, -0.2) is 9.18 Å². The molecule has 1 aromatic rings. The number of halogens is 1. The van der Waals surface area contributed by atoms with E-state index in [2.05, 4.69) is 5.32 Å². The molecule has 0 aliphatic heterocycles. The molecule has 0 bridgehead atoms. The first-order valence-electron chi connectivity index (χ1n) is 5.87. The Morgan fingerprint density at radius 1 is 1.41 bits per heavy atom. The maximum atomic E-state index is 12.8. The van der Waals surface area contributed by atoms with Crippen LogP contribution < -0.4 is 5.32 Å². The lowest BCUT2D eigenvalue weighted by Crippen LogP contribution is -2.53. The van der Waals surface area contributed by atoms with Crippen molar-refractivity contribution in [2.24, 2.45) is 0 Å². The van der Waals surface area contributed by atoms with Gasteiger partial charge in [-0.1, -0.05) is 0 Å². The molecule has 1 aliphatic carbocycles. The van der Waals surface area contributed by atoms with Gasteiger partial charge in [0.1, 0.15) is 11.4 Å². The number of esters is 1. The Morgan fingerprint density at radius 2 is 2.06 bits per heavy atom. The van der Waals surface area contributed by atoms with Gasteiger partial charge in [0.25, 0.3) is 0 Å².